The van der Waals surface area contributed by atoms with E-state index in [9.17, 15) is 4.79 Å². The summed E-state index contributed by atoms with van der Waals surface area (Å²) in [7, 11) is 1.55. The molecule has 0 heterocycles. The Morgan fingerprint density at radius 3 is 2.40 bits per heavy atom. The fourth-order valence-corrected chi connectivity index (χ4v) is 2.68. The molecule has 0 aromatic heterocycles. The van der Waals surface area contributed by atoms with Gasteiger partial charge in [-0.15, -0.1) is 0 Å². The molecular weight excluding hydrogens is 295 g/mol. The van der Waals surface area contributed by atoms with E-state index in [1.54, 1.807) is 25.3 Å². The number of hydrogen-bond acceptors (Lipinski definition) is 2. The predicted octanol–water partition coefficient (Wildman–Crippen LogP) is 4.85. The van der Waals surface area contributed by atoms with E-state index in [1.165, 1.54) is 0 Å². The van der Waals surface area contributed by atoms with Crippen molar-refractivity contribution in [1.29, 1.82) is 0 Å². The van der Waals surface area contributed by atoms with Crippen molar-refractivity contribution in [3.63, 3.8) is 0 Å². The molecule has 4 heteroatoms. The van der Waals surface area contributed by atoms with E-state index >= 15 is 0 Å². The maximum absolute atomic E-state index is 12.7. The van der Waals surface area contributed by atoms with Crippen molar-refractivity contribution in [2.45, 2.75) is 13.8 Å². The maximum Gasteiger partial charge on any atom is 0.198 e. The largest absolute Gasteiger partial charge is 0.496 e. The zero-order chi connectivity index (χ0) is 14.9. The predicted molar refractivity (Wildman–Crippen MR) is 82.4 cm³/mol. The van der Waals surface area contributed by atoms with Crippen LogP contribution >= 0.6 is 23.2 Å². The van der Waals surface area contributed by atoms with E-state index in [2.05, 4.69) is 0 Å². The lowest BCUT2D eigenvalue weighted by atomic mass is 9.96. The van der Waals surface area contributed by atoms with Crippen LogP contribution in [0.25, 0.3) is 0 Å². The molecule has 104 valence electrons. The first-order chi connectivity index (χ1) is 9.43. The van der Waals surface area contributed by atoms with Crippen LogP contribution in [0.5, 0.6) is 5.75 Å². The first-order valence-electron chi connectivity index (χ1n) is 6.09. The van der Waals surface area contributed by atoms with Crippen molar-refractivity contribution in [1.82, 2.24) is 0 Å². The Balaban J connectivity index is 2.59. The molecule has 0 aliphatic heterocycles. The molecule has 0 atom stereocenters. The molecule has 0 saturated carbocycles. The van der Waals surface area contributed by atoms with Crippen LogP contribution in [0.15, 0.2) is 30.3 Å². The second kappa shape index (κ2) is 5.86. The Labute approximate surface area is 128 Å². The molecule has 2 aromatic rings. The van der Waals surface area contributed by atoms with Crippen LogP contribution in [-0.2, 0) is 0 Å². The number of aryl methyl sites for hydroxylation is 2. The van der Waals surface area contributed by atoms with Crippen LogP contribution in [0, 0.1) is 13.8 Å². The highest BCUT2D eigenvalue weighted by atomic mass is 35.5. The third-order valence-electron chi connectivity index (χ3n) is 3.07. The van der Waals surface area contributed by atoms with Crippen LogP contribution in [0.3, 0.4) is 0 Å². The van der Waals surface area contributed by atoms with Gasteiger partial charge in [0, 0.05) is 10.6 Å². The molecule has 0 spiro atoms. The Bertz CT molecular complexity index is 678. The highest BCUT2D eigenvalue weighted by Crippen LogP contribution is 2.30. The quantitative estimate of drug-likeness (QED) is 0.758. The molecule has 0 amide bonds. The summed E-state index contributed by atoms with van der Waals surface area (Å²) in [6.07, 6.45) is 0. The summed E-state index contributed by atoms with van der Waals surface area (Å²) in [5.41, 5.74) is 2.85. The number of ether oxygens (including phenoxy) is 1. The lowest BCUT2D eigenvalue weighted by Gasteiger charge is -2.13. The van der Waals surface area contributed by atoms with E-state index < -0.39 is 0 Å². The molecule has 0 aliphatic carbocycles. The monoisotopic (exact) mass is 308 g/mol. The number of methoxy groups -OCH3 is 1. The second-order valence-corrected chi connectivity index (χ2v) is 5.46. The van der Waals surface area contributed by atoms with E-state index in [4.69, 9.17) is 27.9 Å². The number of benzene rings is 2. The molecule has 0 saturated heterocycles. The first kappa shape index (κ1) is 14.9. The highest BCUT2D eigenvalue weighted by molar-refractivity contribution is 6.37. The van der Waals surface area contributed by atoms with Gasteiger partial charge in [-0.25, -0.2) is 0 Å². The summed E-state index contributed by atoms with van der Waals surface area (Å²) in [6.45, 7) is 3.84. The minimum atomic E-state index is -0.166. The van der Waals surface area contributed by atoms with Crippen LogP contribution in [-0.4, -0.2) is 12.9 Å². The van der Waals surface area contributed by atoms with Crippen molar-refractivity contribution in [2.75, 3.05) is 7.11 Å². The van der Waals surface area contributed by atoms with Gasteiger partial charge >= 0.3 is 0 Å². The van der Waals surface area contributed by atoms with Crippen molar-refractivity contribution in [2.24, 2.45) is 0 Å². The lowest BCUT2D eigenvalue weighted by molar-refractivity contribution is 0.103. The lowest BCUT2D eigenvalue weighted by Crippen LogP contribution is -2.07. The molecule has 2 nitrogen and oxygen atoms in total. The minimum absolute atomic E-state index is 0.166. The fraction of sp³-hybridized carbons (Fsp3) is 0.188. The van der Waals surface area contributed by atoms with Crippen LogP contribution in [0.4, 0.5) is 0 Å². The van der Waals surface area contributed by atoms with Crippen molar-refractivity contribution in [3.8, 4) is 5.75 Å². The fourth-order valence-electron chi connectivity index (χ4n) is 2.19. The number of halogens is 2. The Kier molecular flexibility index (Phi) is 4.36. The molecular formula is C16H14Cl2O2. The molecule has 0 fully saturated rings. The third kappa shape index (κ3) is 2.82. The van der Waals surface area contributed by atoms with E-state index in [1.807, 2.05) is 26.0 Å². The van der Waals surface area contributed by atoms with Gasteiger partial charge in [-0.2, -0.15) is 0 Å². The normalized spacial score (nSPS) is 10.4. The van der Waals surface area contributed by atoms with Crippen LogP contribution < -0.4 is 4.74 Å². The van der Waals surface area contributed by atoms with E-state index in [-0.39, 0.29) is 5.78 Å². The minimum Gasteiger partial charge on any atom is -0.496 e. The van der Waals surface area contributed by atoms with Gasteiger partial charge in [0.15, 0.2) is 5.78 Å². The summed E-state index contributed by atoms with van der Waals surface area (Å²) < 4.78 is 5.32. The van der Waals surface area contributed by atoms with Gasteiger partial charge in [-0.3, -0.25) is 4.79 Å². The summed E-state index contributed by atoms with van der Waals surface area (Å²) in [5.74, 6) is 0.388. The number of ketones is 1. The number of hydrogen-bond donors (Lipinski definition) is 0. The van der Waals surface area contributed by atoms with Gasteiger partial charge in [0.1, 0.15) is 5.75 Å². The van der Waals surface area contributed by atoms with Crippen molar-refractivity contribution < 1.29 is 9.53 Å². The maximum atomic E-state index is 12.7. The van der Waals surface area contributed by atoms with Gasteiger partial charge in [0.05, 0.1) is 17.7 Å². The SMILES string of the molecule is COc1cc(C)cc(C)c1C(=O)c1ccc(Cl)cc1Cl. The Hall–Kier alpha value is -1.51. The summed E-state index contributed by atoms with van der Waals surface area (Å²) in [4.78, 5) is 12.7. The molecule has 0 N–H and O–H groups in total. The van der Waals surface area contributed by atoms with Crippen molar-refractivity contribution >= 4 is 29.0 Å². The van der Waals surface area contributed by atoms with Gasteiger partial charge in [0.2, 0.25) is 0 Å². The summed E-state index contributed by atoms with van der Waals surface area (Å²) in [5, 5.41) is 0.837. The molecule has 20 heavy (non-hydrogen) atoms. The Morgan fingerprint density at radius 1 is 1.10 bits per heavy atom. The standard InChI is InChI=1S/C16H14Cl2O2/c1-9-6-10(2)15(14(7-9)20-3)16(19)12-5-4-11(17)8-13(12)18/h4-8H,1-3H3. The van der Waals surface area contributed by atoms with Crippen LogP contribution in [0.2, 0.25) is 10.0 Å². The third-order valence-corrected chi connectivity index (χ3v) is 3.61. The zero-order valence-electron chi connectivity index (χ0n) is 11.5. The van der Waals surface area contributed by atoms with Gasteiger partial charge < -0.3 is 4.74 Å². The summed E-state index contributed by atoms with van der Waals surface area (Å²) in [6, 6.07) is 8.62. The molecule has 2 aromatic carbocycles. The van der Waals surface area contributed by atoms with E-state index in [0.717, 1.165) is 11.1 Å². The van der Waals surface area contributed by atoms with Crippen LogP contribution in [0.1, 0.15) is 27.0 Å². The van der Waals surface area contributed by atoms with Crippen molar-refractivity contribution in [3.05, 3.63) is 62.6 Å². The van der Waals surface area contributed by atoms with E-state index in [0.29, 0.717) is 26.9 Å². The number of carbonyl (C=O) groups excluding carboxylic acids is 1. The zero-order valence-corrected chi connectivity index (χ0v) is 13.0. The molecule has 0 bridgehead atoms. The first-order valence-corrected chi connectivity index (χ1v) is 6.84. The molecule has 0 unspecified atom stereocenters. The second-order valence-electron chi connectivity index (χ2n) is 4.61. The average molecular weight is 309 g/mol. The van der Waals surface area contributed by atoms with Gasteiger partial charge in [-0.1, -0.05) is 29.3 Å². The Morgan fingerprint density at radius 2 is 1.80 bits per heavy atom. The smallest absolute Gasteiger partial charge is 0.198 e. The molecule has 0 radical (unpaired) electrons. The topological polar surface area (TPSA) is 26.3 Å². The molecule has 2 rings (SSSR count). The molecule has 0 aliphatic rings. The summed E-state index contributed by atoms with van der Waals surface area (Å²) >= 11 is 12.0. The van der Waals surface area contributed by atoms with Gasteiger partial charge in [-0.05, 0) is 49.2 Å². The number of rotatable bonds is 3. The van der Waals surface area contributed by atoms with Gasteiger partial charge in [0.25, 0.3) is 0 Å². The number of carbonyl (C=O) groups is 1. The highest BCUT2D eigenvalue weighted by Gasteiger charge is 2.20. The average Bonchev–Trinajstić information content (AvgIpc) is 2.37.